The van der Waals surface area contributed by atoms with Crippen molar-refractivity contribution in [1.82, 2.24) is 19.9 Å². The number of pyridine rings is 1. The van der Waals surface area contributed by atoms with Crippen molar-refractivity contribution in [2.24, 2.45) is 0 Å². The maximum Gasteiger partial charge on any atom is 0.164 e. The first-order chi connectivity index (χ1) is 27.7. The highest BCUT2D eigenvalue weighted by atomic mass is 16.3. The zero-order valence-corrected chi connectivity index (χ0v) is 29.9. The molecule has 0 N–H and O–H groups in total. The molecule has 4 aromatic heterocycles. The smallest absolute Gasteiger partial charge is 0.164 e. The van der Waals surface area contributed by atoms with E-state index < -0.39 is 0 Å². The summed E-state index contributed by atoms with van der Waals surface area (Å²) in [6, 6.07) is 59.7. The lowest BCUT2D eigenvalue weighted by atomic mass is 10.0. The fourth-order valence-electron chi connectivity index (χ4n) is 7.66. The van der Waals surface area contributed by atoms with Gasteiger partial charge in [-0.2, -0.15) is 0 Å². The van der Waals surface area contributed by atoms with E-state index in [1.807, 2.05) is 97.2 Å². The van der Waals surface area contributed by atoms with Crippen molar-refractivity contribution in [2.75, 3.05) is 0 Å². The van der Waals surface area contributed by atoms with Crippen LogP contribution < -0.4 is 0 Å². The van der Waals surface area contributed by atoms with Crippen molar-refractivity contribution >= 4 is 44.0 Å². The standard InChI is InChI=1S/C50H30N4O2/c1-3-12-31(13-4-1)33-24-26-34(27-25-33)48-52-49(36-17-9-16-35(28-36)32-14-5-2-6-15-32)54-50(53-48)41-21-11-23-43-45(41)46-44(55-43)29-37(30-51-46)38-19-10-20-40-39-18-7-8-22-42(39)56-47(38)40/h1-30H. The summed E-state index contributed by atoms with van der Waals surface area (Å²) in [6.45, 7) is 0. The molecule has 0 aliphatic carbocycles. The second kappa shape index (κ2) is 13.0. The third-order valence-electron chi connectivity index (χ3n) is 10.4. The lowest BCUT2D eigenvalue weighted by Crippen LogP contribution is -2.00. The number of fused-ring (bicyclic) bond motifs is 6. The topological polar surface area (TPSA) is 77.8 Å². The van der Waals surface area contributed by atoms with Crippen LogP contribution in [0, 0.1) is 0 Å². The molecule has 0 saturated carbocycles. The van der Waals surface area contributed by atoms with E-state index in [0.29, 0.717) is 28.6 Å². The van der Waals surface area contributed by atoms with Gasteiger partial charge in [-0.05, 0) is 46.5 Å². The molecule has 0 atom stereocenters. The number of benzene rings is 7. The van der Waals surface area contributed by atoms with E-state index in [-0.39, 0.29) is 0 Å². The fourth-order valence-corrected chi connectivity index (χ4v) is 7.66. The Balaban J connectivity index is 1.07. The number of nitrogens with zero attached hydrogens (tertiary/aromatic N) is 4. The van der Waals surface area contributed by atoms with Crippen LogP contribution in [0.2, 0.25) is 0 Å². The molecule has 56 heavy (non-hydrogen) atoms. The molecule has 0 radical (unpaired) electrons. The van der Waals surface area contributed by atoms with Crippen LogP contribution in [0.4, 0.5) is 0 Å². The average Bonchev–Trinajstić information content (AvgIpc) is 3.85. The van der Waals surface area contributed by atoms with Gasteiger partial charge in [0, 0.05) is 44.8 Å². The van der Waals surface area contributed by atoms with Crippen molar-refractivity contribution in [3.8, 4) is 67.5 Å². The average molecular weight is 719 g/mol. The Morgan fingerprint density at radius 3 is 1.73 bits per heavy atom. The molecule has 0 spiro atoms. The van der Waals surface area contributed by atoms with Crippen LogP contribution in [-0.2, 0) is 0 Å². The number of hydrogen-bond donors (Lipinski definition) is 0. The molecule has 6 nitrogen and oxygen atoms in total. The largest absolute Gasteiger partial charge is 0.455 e. The molecule has 0 amide bonds. The van der Waals surface area contributed by atoms with Crippen LogP contribution in [-0.4, -0.2) is 19.9 Å². The maximum atomic E-state index is 6.53. The summed E-state index contributed by atoms with van der Waals surface area (Å²) < 4.78 is 12.9. The number of para-hydroxylation sites is 2. The lowest BCUT2D eigenvalue weighted by molar-refractivity contribution is 0.667. The predicted molar refractivity (Wildman–Crippen MR) is 225 cm³/mol. The quantitative estimate of drug-likeness (QED) is 0.170. The molecule has 0 aliphatic heterocycles. The molecular formula is C50H30N4O2. The number of furan rings is 2. The van der Waals surface area contributed by atoms with Crippen LogP contribution in [0.15, 0.2) is 191 Å². The molecule has 0 aliphatic rings. The first-order valence-corrected chi connectivity index (χ1v) is 18.5. The van der Waals surface area contributed by atoms with Gasteiger partial charge < -0.3 is 8.83 Å². The van der Waals surface area contributed by atoms with Crippen molar-refractivity contribution < 1.29 is 8.83 Å². The van der Waals surface area contributed by atoms with Gasteiger partial charge in [-0.25, -0.2) is 15.0 Å². The van der Waals surface area contributed by atoms with Gasteiger partial charge in [0.05, 0.1) is 5.39 Å². The summed E-state index contributed by atoms with van der Waals surface area (Å²) in [6.07, 6.45) is 1.89. The molecular weight excluding hydrogens is 689 g/mol. The maximum absolute atomic E-state index is 6.53. The molecule has 11 aromatic rings. The van der Waals surface area contributed by atoms with Crippen LogP contribution in [0.1, 0.15) is 0 Å². The Morgan fingerprint density at radius 1 is 0.339 bits per heavy atom. The zero-order chi connectivity index (χ0) is 37.0. The van der Waals surface area contributed by atoms with Gasteiger partial charge in [-0.1, -0.05) is 152 Å². The summed E-state index contributed by atoms with van der Waals surface area (Å²) in [4.78, 5) is 20.4. The molecule has 0 saturated heterocycles. The summed E-state index contributed by atoms with van der Waals surface area (Å²) in [5.41, 5.74) is 12.7. The summed E-state index contributed by atoms with van der Waals surface area (Å²) in [5.74, 6) is 1.69. The van der Waals surface area contributed by atoms with Gasteiger partial charge in [0.15, 0.2) is 23.1 Å². The monoisotopic (exact) mass is 718 g/mol. The highest BCUT2D eigenvalue weighted by Crippen LogP contribution is 2.40. The minimum Gasteiger partial charge on any atom is -0.455 e. The Hall–Kier alpha value is -7.70. The number of rotatable bonds is 6. The van der Waals surface area contributed by atoms with Crippen LogP contribution in [0.3, 0.4) is 0 Å². The lowest BCUT2D eigenvalue weighted by Gasteiger charge is -2.11. The number of hydrogen-bond acceptors (Lipinski definition) is 6. The SMILES string of the molecule is c1ccc(-c2ccc(-c3nc(-c4cccc(-c5ccccc5)c4)nc(-c4cccc5oc6cc(-c7cccc8c7oc7ccccc78)cnc6c45)n3)cc2)cc1. The van der Waals surface area contributed by atoms with E-state index in [1.165, 1.54) is 0 Å². The van der Waals surface area contributed by atoms with E-state index in [4.69, 9.17) is 28.8 Å². The normalized spacial score (nSPS) is 11.6. The molecule has 0 bridgehead atoms. The van der Waals surface area contributed by atoms with Crippen LogP contribution in [0.25, 0.3) is 112 Å². The van der Waals surface area contributed by atoms with Gasteiger partial charge in [-0.3, -0.25) is 4.98 Å². The van der Waals surface area contributed by atoms with E-state index in [1.54, 1.807) is 0 Å². The minimum atomic E-state index is 0.536. The Kier molecular flexibility index (Phi) is 7.38. The van der Waals surface area contributed by atoms with Crippen molar-refractivity contribution in [3.05, 3.63) is 182 Å². The first kappa shape index (κ1) is 31.8. The molecule has 0 unspecified atom stereocenters. The Labute approximate surface area is 321 Å². The molecule has 11 rings (SSSR count). The number of aromatic nitrogens is 4. The van der Waals surface area contributed by atoms with Crippen LogP contribution >= 0.6 is 0 Å². The van der Waals surface area contributed by atoms with E-state index in [2.05, 4.69) is 84.9 Å². The van der Waals surface area contributed by atoms with E-state index >= 15 is 0 Å². The minimum absolute atomic E-state index is 0.536. The van der Waals surface area contributed by atoms with E-state index in [9.17, 15) is 0 Å². The van der Waals surface area contributed by atoms with Crippen LogP contribution in [0.5, 0.6) is 0 Å². The first-order valence-electron chi connectivity index (χ1n) is 18.5. The predicted octanol–water partition coefficient (Wildman–Crippen LogP) is 13.1. The summed E-state index contributed by atoms with van der Waals surface area (Å²) >= 11 is 0. The Morgan fingerprint density at radius 2 is 0.911 bits per heavy atom. The summed E-state index contributed by atoms with van der Waals surface area (Å²) in [7, 11) is 0. The van der Waals surface area contributed by atoms with Gasteiger partial charge in [0.1, 0.15) is 22.3 Å². The highest BCUT2D eigenvalue weighted by Gasteiger charge is 2.20. The third-order valence-corrected chi connectivity index (χ3v) is 10.4. The third kappa shape index (κ3) is 5.43. The summed E-state index contributed by atoms with van der Waals surface area (Å²) in [5, 5.41) is 2.99. The molecule has 7 aromatic carbocycles. The van der Waals surface area contributed by atoms with Gasteiger partial charge >= 0.3 is 0 Å². The van der Waals surface area contributed by atoms with Crippen molar-refractivity contribution in [1.29, 1.82) is 0 Å². The molecule has 4 heterocycles. The zero-order valence-electron chi connectivity index (χ0n) is 29.9. The highest BCUT2D eigenvalue weighted by molar-refractivity contribution is 6.12. The second-order valence-electron chi connectivity index (χ2n) is 13.8. The van der Waals surface area contributed by atoms with Gasteiger partial charge in [-0.15, -0.1) is 0 Å². The fraction of sp³-hybridized carbons (Fsp3) is 0. The van der Waals surface area contributed by atoms with Crippen molar-refractivity contribution in [3.63, 3.8) is 0 Å². The second-order valence-corrected chi connectivity index (χ2v) is 13.8. The molecule has 0 fully saturated rings. The molecule has 6 heteroatoms. The Bertz CT molecular complexity index is 3240. The van der Waals surface area contributed by atoms with Crippen molar-refractivity contribution in [2.45, 2.75) is 0 Å². The van der Waals surface area contributed by atoms with Gasteiger partial charge in [0.2, 0.25) is 0 Å². The molecule has 262 valence electrons. The van der Waals surface area contributed by atoms with E-state index in [0.717, 1.165) is 82.9 Å². The van der Waals surface area contributed by atoms with Gasteiger partial charge in [0.25, 0.3) is 0 Å².